The number of imidazole rings is 1. The van der Waals surface area contributed by atoms with E-state index in [9.17, 15) is 4.79 Å². The largest absolute Gasteiger partial charge is 0.322 e. The number of benzene rings is 2. The van der Waals surface area contributed by atoms with E-state index < -0.39 is 0 Å². The van der Waals surface area contributed by atoms with Gasteiger partial charge in [0.2, 0.25) is 0 Å². The Kier molecular flexibility index (Phi) is 4.49. The molecule has 4 aromatic rings. The third-order valence-corrected chi connectivity index (χ3v) is 4.65. The lowest BCUT2D eigenvalue weighted by atomic mass is 10.0. The third kappa shape index (κ3) is 3.36. The van der Waals surface area contributed by atoms with E-state index in [2.05, 4.69) is 26.2 Å². The van der Waals surface area contributed by atoms with Crippen molar-refractivity contribution >= 4 is 44.8 Å². The number of anilines is 1. The Labute approximate surface area is 163 Å². The van der Waals surface area contributed by atoms with Gasteiger partial charge in [0.25, 0.3) is 5.91 Å². The van der Waals surface area contributed by atoms with Crippen LogP contribution >= 0.6 is 27.5 Å². The van der Waals surface area contributed by atoms with Crippen LogP contribution in [0.4, 0.5) is 5.69 Å². The van der Waals surface area contributed by atoms with Crippen LogP contribution in [-0.2, 0) is 0 Å². The van der Waals surface area contributed by atoms with Crippen molar-refractivity contribution in [2.24, 2.45) is 0 Å². The van der Waals surface area contributed by atoms with Gasteiger partial charge in [0, 0.05) is 38.7 Å². The van der Waals surface area contributed by atoms with Crippen molar-refractivity contribution in [3.8, 4) is 11.3 Å². The fraction of sp³-hybridized carbons (Fsp3) is 0. The monoisotopic (exact) mass is 425 g/mol. The van der Waals surface area contributed by atoms with E-state index in [1.54, 1.807) is 30.3 Å². The summed E-state index contributed by atoms with van der Waals surface area (Å²) in [5, 5.41) is 3.46. The molecule has 2 aromatic carbocycles. The minimum absolute atomic E-state index is 0.207. The second kappa shape index (κ2) is 6.94. The van der Waals surface area contributed by atoms with Gasteiger partial charge in [-0.15, -0.1) is 0 Å². The predicted octanol–water partition coefficient (Wildman–Crippen LogP) is 5.67. The molecule has 0 unspecified atom stereocenters. The lowest BCUT2D eigenvalue weighted by Crippen LogP contribution is -2.13. The van der Waals surface area contributed by atoms with Crippen molar-refractivity contribution in [2.45, 2.75) is 0 Å². The van der Waals surface area contributed by atoms with E-state index >= 15 is 0 Å². The molecule has 1 amide bonds. The minimum Gasteiger partial charge on any atom is -0.322 e. The quantitative estimate of drug-likeness (QED) is 0.459. The number of rotatable bonds is 3. The Morgan fingerprint density at radius 1 is 1.04 bits per heavy atom. The molecule has 0 fully saturated rings. The number of nitrogens with zero attached hydrogens (tertiary/aromatic N) is 2. The number of amides is 1. The number of halogens is 2. The van der Waals surface area contributed by atoms with Gasteiger partial charge < -0.3 is 9.72 Å². The summed E-state index contributed by atoms with van der Waals surface area (Å²) < 4.78 is 2.88. The minimum atomic E-state index is -0.207. The van der Waals surface area contributed by atoms with Crippen LogP contribution in [0.25, 0.3) is 16.9 Å². The molecule has 0 aliphatic carbocycles. The molecule has 0 radical (unpaired) electrons. The van der Waals surface area contributed by atoms with Crippen LogP contribution in [0, 0.1) is 0 Å². The number of fused-ring (bicyclic) bond motifs is 1. The predicted molar refractivity (Wildman–Crippen MR) is 108 cm³/mol. The smallest absolute Gasteiger partial charge is 0.256 e. The van der Waals surface area contributed by atoms with Crippen LogP contribution in [0.15, 0.2) is 77.5 Å². The number of hydrogen-bond acceptors (Lipinski definition) is 2. The van der Waals surface area contributed by atoms with Gasteiger partial charge in [0.1, 0.15) is 5.65 Å². The van der Waals surface area contributed by atoms with Crippen molar-refractivity contribution in [3.63, 3.8) is 0 Å². The standard InChI is InChI=1S/C20H13BrClN3O/c21-13-8-9-19-24-18(12-25(19)11-13)16-6-1-2-7-17(16)20(26)23-15-5-3-4-14(22)10-15/h1-12H,(H,23,26). The van der Waals surface area contributed by atoms with Crippen molar-refractivity contribution in [3.05, 3.63) is 88.1 Å². The van der Waals surface area contributed by atoms with Gasteiger partial charge in [-0.25, -0.2) is 4.98 Å². The van der Waals surface area contributed by atoms with E-state index in [0.29, 0.717) is 16.3 Å². The summed E-state index contributed by atoms with van der Waals surface area (Å²) in [6, 6.07) is 18.3. The molecule has 2 aromatic heterocycles. The van der Waals surface area contributed by atoms with Crippen LogP contribution in [0.5, 0.6) is 0 Å². The first-order chi connectivity index (χ1) is 12.6. The molecule has 128 valence electrons. The van der Waals surface area contributed by atoms with Crippen molar-refractivity contribution < 1.29 is 4.79 Å². The maximum absolute atomic E-state index is 12.8. The number of carbonyl (C=O) groups is 1. The molecule has 0 saturated carbocycles. The normalized spacial score (nSPS) is 10.8. The molecule has 4 nitrogen and oxygen atoms in total. The maximum Gasteiger partial charge on any atom is 0.256 e. The highest BCUT2D eigenvalue weighted by molar-refractivity contribution is 9.10. The highest BCUT2D eigenvalue weighted by atomic mass is 79.9. The van der Waals surface area contributed by atoms with Gasteiger partial charge in [-0.2, -0.15) is 0 Å². The maximum atomic E-state index is 12.8. The number of aromatic nitrogens is 2. The zero-order chi connectivity index (χ0) is 18.1. The molecule has 6 heteroatoms. The van der Waals surface area contributed by atoms with E-state index in [0.717, 1.165) is 21.4 Å². The molecule has 0 bridgehead atoms. The first-order valence-corrected chi connectivity index (χ1v) is 9.08. The summed E-state index contributed by atoms with van der Waals surface area (Å²) in [6.07, 6.45) is 3.84. The average Bonchev–Trinajstić information content (AvgIpc) is 3.04. The molecule has 0 aliphatic heterocycles. The van der Waals surface area contributed by atoms with Gasteiger partial charge in [0.05, 0.1) is 5.69 Å². The first kappa shape index (κ1) is 16.8. The summed E-state index contributed by atoms with van der Waals surface area (Å²) in [7, 11) is 0. The van der Waals surface area contributed by atoms with Crippen LogP contribution < -0.4 is 5.32 Å². The summed E-state index contributed by atoms with van der Waals surface area (Å²) in [5.74, 6) is -0.207. The van der Waals surface area contributed by atoms with E-state index in [4.69, 9.17) is 11.6 Å². The Balaban J connectivity index is 1.72. The lowest BCUT2D eigenvalue weighted by Gasteiger charge is -2.09. The summed E-state index contributed by atoms with van der Waals surface area (Å²) in [6.45, 7) is 0. The topological polar surface area (TPSA) is 46.4 Å². The molecule has 0 saturated heterocycles. The zero-order valence-electron chi connectivity index (χ0n) is 13.5. The summed E-state index contributed by atoms with van der Waals surface area (Å²) >= 11 is 9.45. The van der Waals surface area contributed by atoms with E-state index in [-0.39, 0.29) is 5.91 Å². The zero-order valence-corrected chi connectivity index (χ0v) is 15.8. The Morgan fingerprint density at radius 3 is 2.73 bits per heavy atom. The molecule has 4 rings (SSSR count). The number of nitrogens with one attached hydrogen (secondary N) is 1. The second-order valence-electron chi connectivity index (χ2n) is 5.75. The number of carbonyl (C=O) groups excluding carboxylic acids is 1. The van der Waals surface area contributed by atoms with Gasteiger partial charge in [-0.05, 0) is 52.3 Å². The molecule has 0 atom stereocenters. The fourth-order valence-electron chi connectivity index (χ4n) is 2.76. The molecule has 1 N–H and O–H groups in total. The highest BCUT2D eigenvalue weighted by Crippen LogP contribution is 2.25. The summed E-state index contributed by atoms with van der Waals surface area (Å²) in [4.78, 5) is 17.4. The molecular weight excluding hydrogens is 414 g/mol. The Bertz CT molecular complexity index is 1120. The second-order valence-corrected chi connectivity index (χ2v) is 7.10. The number of pyridine rings is 1. The third-order valence-electron chi connectivity index (χ3n) is 3.95. The first-order valence-electron chi connectivity index (χ1n) is 7.91. The number of hydrogen-bond donors (Lipinski definition) is 1. The van der Waals surface area contributed by atoms with E-state index in [1.807, 2.05) is 47.1 Å². The molecule has 2 heterocycles. The van der Waals surface area contributed by atoms with Crippen LogP contribution in [0.1, 0.15) is 10.4 Å². The molecule has 0 aliphatic rings. The molecular formula is C20H13BrClN3O. The van der Waals surface area contributed by atoms with Crippen molar-refractivity contribution in [1.29, 1.82) is 0 Å². The van der Waals surface area contributed by atoms with Crippen LogP contribution in [0.3, 0.4) is 0 Å². The van der Waals surface area contributed by atoms with Crippen LogP contribution in [-0.4, -0.2) is 15.3 Å². The van der Waals surface area contributed by atoms with E-state index in [1.165, 1.54) is 0 Å². The fourth-order valence-corrected chi connectivity index (χ4v) is 3.31. The Hall–Kier alpha value is -2.63. The van der Waals surface area contributed by atoms with Crippen molar-refractivity contribution in [1.82, 2.24) is 9.38 Å². The lowest BCUT2D eigenvalue weighted by molar-refractivity contribution is 0.102. The van der Waals surface area contributed by atoms with Gasteiger partial charge in [0.15, 0.2) is 0 Å². The van der Waals surface area contributed by atoms with Gasteiger partial charge in [-0.3, -0.25) is 4.79 Å². The Morgan fingerprint density at radius 2 is 1.88 bits per heavy atom. The van der Waals surface area contributed by atoms with Gasteiger partial charge in [-0.1, -0.05) is 35.9 Å². The molecule has 0 spiro atoms. The SMILES string of the molecule is O=C(Nc1cccc(Cl)c1)c1ccccc1-c1cn2cc(Br)ccc2n1. The van der Waals surface area contributed by atoms with Gasteiger partial charge >= 0.3 is 0 Å². The average molecular weight is 427 g/mol. The van der Waals surface area contributed by atoms with Crippen molar-refractivity contribution in [2.75, 3.05) is 5.32 Å². The van der Waals surface area contributed by atoms with Crippen LogP contribution in [0.2, 0.25) is 5.02 Å². The summed E-state index contributed by atoms with van der Waals surface area (Å²) in [5.41, 5.74) is 3.52. The molecule has 26 heavy (non-hydrogen) atoms. The highest BCUT2D eigenvalue weighted by Gasteiger charge is 2.15.